The highest BCUT2D eigenvalue weighted by atomic mass is 35.5. The van der Waals surface area contributed by atoms with Crippen LogP contribution in [0.5, 0.6) is 0 Å². The van der Waals surface area contributed by atoms with Crippen LogP contribution in [0, 0.1) is 5.82 Å². The molecule has 0 unspecified atom stereocenters. The van der Waals surface area contributed by atoms with Gasteiger partial charge in [0, 0.05) is 25.7 Å². The zero-order valence-corrected chi connectivity index (χ0v) is 13.7. The van der Waals surface area contributed by atoms with Gasteiger partial charge in [-0.05, 0) is 18.2 Å². The third-order valence-corrected chi connectivity index (χ3v) is 3.45. The molecule has 0 spiro atoms. The van der Waals surface area contributed by atoms with Gasteiger partial charge in [-0.2, -0.15) is 4.98 Å². The van der Waals surface area contributed by atoms with Crippen molar-refractivity contribution in [3.05, 3.63) is 40.3 Å². The van der Waals surface area contributed by atoms with Gasteiger partial charge in [0.1, 0.15) is 0 Å². The predicted octanol–water partition coefficient (Wildman–Crippen LogP) is 3.21. The van der Waals surface area contributed by atoms with Gasteiger partial charge in [0.15, 0.2) is 11.6 Å². The van der Waals surface area contributed by atoms with E-state index in [9.17, 15) is 9.18 Å². The fourth-order valence-electron chi connectivity index (χ4n) is 1.67. The molecule has 122 valence electrons. The molecule has 0 fully saturated rings. The van der Waals surface area contributed by atoms with Crippen LogP contribution < -0.4 is 16.0 Å². The standard InChI is InChI=1S/C14H14Cl2FN5O/c1-8(23)18-4-5-19-13-12(17)7-20-14(22-13)21-9-2-3-10(15)11(16)6-9/h2-3,6-7H,4-5H2,1H3,(H,18,23)(H2,19,20,21,22). The van der Waals surface area contributed by atoms with E-state index >= 15 is 0 Å². The van der Waals surface area contributed by atoms with Crippen LogP contribution in [0.2, 0.25) is 10.0 Å². The van der Waals surface area contributed by atoms with E-state index in [0.717, 1.165) is 6.20 Å². The number of nitrogens with zero attached hydrogens (tertiary/aromatic N) is 2. The molecule has 23 heavy (non-hydrogen) atoms. The molecule has 2 aromatic rings. The van der Waals surface area contributed by atoms with Crippen LogP contribution in [0.4, 0.5) is 21.8 Å². The largest absolute Gasteiger partial charge is 0.366 e. The maximum absolute atomic E-state index is 13.7. The molecule has 9 heteroatoms. The zero-order valence-electron chi connectivity index (χ0n) is 12.2. The predicted molar refractivity (Wildman–Crippen MR) is 88.9 cm³/mol. The van der Waals surface area contributed by atoms with Crippen molar-refractivity contribution >= 4 is 46.6 Å². The van der Waals surface area contributed by atoms with Gasteiger partial charge in [0.2, 0.25) is 11.9 Å². The van der Waals surface area contributed by atoms with E-state index in [1.807, 2.05) is 0 Å². The van der Waals surface area contributed by atoms with Crippen LogP contribution >= 0.6 is 23.2 Å². The van der Waals surface area contributed by atoms with Gasteiger partial charge in [-0.25, -0.2) is 9.37 Å². The number of carbonyl (C=O) groups excluding carboxylic acids is 1. The Hall–Kier alpha value is -2.12. The number of benzene rings is 1. The number of hydrogen-bond donors (Lipinski definition) is 3. The molecule has 0 bridgehead atoms. The molecule has 0 atom stereocenters. The van der Waals surface area contributed by atoms with Crippen molar-refractivity contribution in [3.63, 3.8) is 0 Å². The second-order valence-electron chi connectivity index (χ2n) is 4.55. The van der Waals surface area contributed by atoms with E-state index in [1.165, 1.54) is 6.92 Å². The molecule has 1 aromatic heterocycles. The quantitative estimate of drug-likeness (QED) is 0.691. The lowest BCUT2D eigenvalue weighted by atomic mass is 10.3. The molecule has 6 nitrogen and oxygen atoms in total. The second kappa shape index (κ2) is 7.94. The first kappa shape index (κ1) is 17.2. The SMILES string of the molecule is CC(=O)NCCNc1nc(Nc2ccc(Cl)c(Cl)c2)ncc1F. The van der Waals surface area contributed by atoms with Crippen molar-refractivity contribution in [2.24, 2.45) is 0 Å². The Balaban J connectivity index is 2.04. The number of halogens is 3. The van der Waals surface area contributed by atoms with Crippen molar-refractivity contribution in [2.75, 3.05) is 23.7 Å². The number of nitrogens with one attached hydrogen (secondary N) is 3. The third-order valence-electron chi connectivity index (χ3n) is 2.71. The summed E-state index contributed by atoms with van der Waals surface area (Å²) in [6.45, 7) is 2.10. The molecule has 1 aromatic carbocycles. The molecule has 0 radical (unpaired) electrons. The van der Waals surface area contributed by atoms with Crippen LogP contribution in [-0.4, -0.2) is 29.0 Å². The fraction of sp³-hybridized carbons (Fsp3) is 0.214. The smallest absolute Gasteiger partial charge is 0.229 e. The minimum Gasteiger partial charge on any atom is -0.366 e. The van der Waals surface area contributed by atoms with E-state index < -0.39 is 5.82 Å². The van der Waals surface area contributed by atoms with Crippen molar-refractivity contribution < 1.29 is 9.18 Å². The normalized spacial score (nSPS) is 10.3. The van der Waals surface area contributed by atoms with Crippen LogP contribution in [-0.2, 0) is 4.79 Å². The molecule has 2 rings (SSSR count). The fourth-order valence-corrected chi connectivity index (χ4v) is 1.97. The Bertz CT molecular complexity index is 714. The molecular weight excluding hydrogens is 344 g/mol. The minimum atomic E-state index is -0.590. The first-order valence-corrected chi connectivity index (χ1v) is 7.44. The molecule has 0 aliphatic carbocycles. The molecular formula is C14H14Cl2FN5O. The maximum atomic E-state index is 13.7. The topological polar surface area (TPSA) is 78.9 Å². The molecule has 1 heterocycles. The number of carbonyl (C=O) groups is 1. The lowest BCUT2D eigenvalue weighted by Gasteiger charge is -2.10. The number of anilines is 3. The lowest BCUT2D eigenvalue weighted by Crippen LogP contribution is -2.26. The summed E-state index contributed by atoms with van der Waals surface area (Å²) in [6, 6.07) is 4.94. The van der Waals surface area contributed by atoms with Gasteiger partial charge < -0.3 is 16.0 Å². The van der Waals surface area contributed by atoms with E-state index in [1.54, 1.807) is 18.2 Å². The van der Waals surface area contributed by atoms with Crippen molar-refractivity contribution in [2.45, 2.75) is 6.92 Å². The van der Waals surface area contributed by atoms with E-state index in [2.05, 4.69) is 25.9 Å². The summed E-state index contributed by atoms with van der Waals surface area (Å²) in [4.78, 5) is 18.7. The summed E-state index contributed by atoms with van der Waals surface area (Å²) in [5.41, 5.74) is 0.621. The average molecular weight is 358 g/mol. The van der Waals surface area contributed by atoms with Gasteiger partial charge in [0.05, 0.1) is 16.2 Å². The molecule has 1 amide bonds. The van der Waals surface area contributed by atoms with Crippen LogP contribution in [0.25, 0.3) is 0 Å². The summed E-state index contributed by atoms with van der Waals surface area (Å²) < 4.78 is 13.7. The average Bonchev–Trinajstić information content (AvgIpc) is 2.50. The second-order valence-corrected chi connectivity index (χ2v) is 5.37. The molecule has 0 aliphatic rings. The zero-order chi connectivity index (χ0) is 16.8. The monoisotopic (exact) mass is 357 g/mol. The molecule has 3 N–H and O–H groups in total. The van der Waals surface area contributed by atoms with Gasteiger partial charge >= 0.3 is 0 Å². The maximum Gasteiger partial charge on any atom is 0.229 e. The summed E-state index contributed by atoms with van der Waals surface area (Å²) >= 11 is 11.8. The first-order valence-electron chi connectivity index (χ1n) is 6.68. The Morgan fingerprint density at radius 3 is 2.74 bits per heavy atom. The Kier molecular flexibility index (Phi) is 5.95. The number of amides is 1. The molecule has 0 aliphatic heterocycles. The molecule has 0 saturated heterocycles. The summed E-state index contributed by atoms with van der Waals surface area (Å²) in [5.74, 6) is -0.510. The summed E-state index contributed by atoms with van der Waals surface area (Å²) in [6.07, 6.45) is 1.05. The van der Waals surface area contributed by atoms with E-state index in [0.29, 0.717) is 28.8 Å². The first-order chi connectivity index (χ1) is 11.0. The van der Waals surface area contributed by atoms with Crippen molar-refractivity contribution in [1.82, 2.24) is 15.3 Å². The van der Waals surface area contributed by atoms with E-state index in [-0.39, 0.29) is 17.7 Å². The summed E-state index contributed by atoms with van der Waals surface area (Å²) in [5, 5.41) is 9.09. The van der Waals surface area contributed by atoms with E-state index in [4.69, 9.17) is 23.2 Å². The Morgan fingerprint density at radius 2 is 2.04 bits per heavy atom. The van der Waals surface area contributed by atoms with Gasteiger partial charge in [-0.3, -0.25) is 4.79 Å². The lowest BCUT2D eigenvalue weighted by molar-refractivity contribution is -0.118. The summed E-state index contributed by atoms with van der Waals surface area (Å²) in [7, 11) is 0. The number of hydrogen-bond acceptors (Lipinski definition) is 5. The number of rotatable bonds is 6. The van der Waals surface area contributed by atoms with Crippen LogP contribution in [0.3, 0.4) is 0 Å². The van der Waals surface area contributed by atoms with Crippen LogP contribution in [0.15, 0.2) is 24.4 Å². The third kappa shape index (κ3) is 5.22. The molecule has 0 saturated carbocycles. The highest BCUT2D eigenvalue weighted by molar-refractivity contribution is 6.42. The minimum absolute atomic E-state index is 0.0351. The van der Waals surface area contributed by atoms with Crippen molar-refractivity contribution in [3.8, 4) is 0 Å². The Labute approximate surface area is 142 Å². The Morgan fingerprint density at radius 1 is 1.26 bits per heavy atom. The van der Waals surface area contributed by atoms with Gasteiger partial charge in [-0.15, -0.1) is 0 Å². The highest BCUT2D eigenvalue weighted by Gasteiger charge is 2.08. The van der Waals surface area contributed by atoms with Crippen LogP contribution in [0.1, 0.15) is 6.92 Å². The van der Waals surface area contributed by atoms with Crippen molar-refractivity contribution in [1.29, 1.82) is 0 Å². The van der Waals surface area contributed by atoms with Gasteiger partial charge in [-0.1, -0.05) is 23.2 Å². The number of aromatic nitrogens is 2. The van der Waals surface area contributed by atoms with Gasteiger partial charge in [0.25, 0.3) is 0 Å². The highest BCUT2D eigenvalue weighted by Crippen LogP contribution is 2.26.